The summed E-state index contributed by atoms with van der Waals surface area (Å²) in [6.45, 7) is 4.07. The minimum Gasteiger partial charge on any atom is -0.494 e. The van der Waals surface area contributed by atoms with Crippen LogP contribution in [0.3, 0.4) is 0 Å². The number of carbonyl (C=O) groups excluding carboxylic acids is 2. The fourth-order valence-corrected chi connectivity index (χ4v) is 3.41. The van der Waals surface area contributed by atoms with Crippen LogP contribution < -0.4 is 9.54 Å². The number of methoxy groups -OCH3 is 1. The first kappa shape index (κ1) is 17.9. The lowest BCUT2D eigenvalue weighted by Gasteiger charge is -2.05. The van der Waals surface area contributed by atoms with Gasteiger partial charge in [0, 0.05) is 6.07 Å². The highest BCUT2D eigenvalue weighted by atomic mass is 32.1. The second-order valence-corrected chi connectivity index (χ2v) is 6.36. The first-order valence-corrected chi connectivity index (χ1v) is 8.69. The number of ether oxygens (including phenoxy) is 2. The molecule has 0 spiro atoms. The monoisotopic (exact) mass is 375 g/mol. The molecule has 0 radical (unpaired) electrons. The molecule has 2 aromatic heterocycles. The molecule has 0 saturated carbocycles. The van der Waals surface area contributed by atoms with Gasteiger partial charge >= 0.3 is 11.9 Å². The molecular formula is C17H17N3O5S. The third kappa shape index (κ3) is 3.67. The molecule has 9 heteroatoms. The maximum atomic E-state index is 12.3. The van der Waals surface area contributed by atoms with Crippen LogP contribution in [0.4, 0.5) is 0 Å². The number of hydrogen-bond acceptors (Lipinski definition) is 7. The Morgan fingerprint density at radius 3 is 2.81 bits per heavy atom. The third-order valence-electron chi connectivity index (χ3n) is 3.52. The van der Waals surface area contributed by atoms with Crippen molar-refractivity contribution in [3.8, 4) is 5.75 Å². The van der Waals surface area contributed by atoms with E-state index < -0.39 is 11.9 Å². The molecular weight excluding hydrogens is 358 g/mol. The van der Waals surface area contributed by atoms with Gasteiger partial charge in [-0.1, -0.05) is 16.5 Å². The van der Waals surface area contributed by atoms with Crippen LogP contribution in [0.15, 0.2) is 33.8 Å². The minimum absolute atomic E-state index is 0.0611. The number of rotatable bonds is 5. The molecule has 0 atom stereocenters. The van der Waals surface area contributed by atoms with Crippen molar-refractivity contribution in [1.82, 2.24) is 9.72 Å². The van der Waals surface area contributed by atoms with E-state index in [0.717, 1.165) is 10.2 Å². The van der Waals surface area contributed by atoms with Gasteiger partial charge in [-0.05, 0) is 32.0 Å². The van der Waals surface area contributed by atoms with Crippen LogP contribution in [0.5, 0.6) is 5.75 Å². The summed E-state index contributed by atoms with van der Waals surface area (Å²) in [5.74, 6) is 0.238. The van der Waals surface area contributed by atoms with Gasteiger partial charge in [-0.3, -0.25) is 9.59 Å². The van der Waals surface area contributed by atoms with Crippen molar-refractivity contribution < 1.29 is 23.6 Å². The minimum atomic E-state index is -0.544. The zero-order valence-corrected chi connectivity index (χ0v) is 15.3. The second kappa shape index (κ2) is 7.52. The van der Waals surface area contributed by atoms with Gasteiger partial charge in [0.05, 0.1) is 23.9 Å². The highest BCUT2D eigenvalue weighted by molar-refractivity contribution is 7.16. The smallest absolute Gasteiger partial charge is 0.325 e. The lowest BCUT2D eigenvalue weighted by atomic mass is 10.3. The fourth-order valence-electron chi connectivity index (χ4n) is 2.35. The number of aryl methyl sites for hydroxylation is 1. The van der Waals surface area contributed by atoms with Gasteiger partial charge < -0.3 is 18.6 Å². The average Bonchev–Trinajstić information content (AvgIpc) is 3.19. The van der Waals surface area contributed by atoms with Crippen molar-refractivity contribution in [3.63, 3.8) is 0 Å². The van der Waals surface area contributed by atoms with Crippen LogP contribution in [0, 0.1) is 6.92 Å². The van der Waals surface area contributed by atoms with Gasteiger partial charge in [0.2, 0.25) is 0 Å². The van der Waals surface area contributed by atoms with Crippen molar-refractivity contribution in [2.75, 3.05) is 13.7 Å². The van der Waals surface area contributed by atoms with E-state index in [1.165, 1.54) is 24.5 Å². The van der Waals surface area contributed by atoms with Gasteiger partial charge in [0.25, 0.3) is 0 Å². The molecule has 2 heterocycles. The summed E-state index contributed by atoms with van der Waals surface area (Å²) in [6, 6.07) is 6.99. The number of hydrogen-bond donors (Lipinski definition) is 0. The number of esters is 1. The predicted octanol–water partition coefficient (Wildman–Crippen LogP) is 2.31. The lowest BCUT2D eigenvalue weighted by Crippen LogP contribution is -2.22. The van der Waals surface area contributed by atoms with Crippen LogP contribution in [0.2, 0.25) is 0 Å². The van der Waals surface area contributed by atoms with E-state index in [1.807, 2.05) is 19.1 Å². The van der Waals surface area contributed by atoms with Crippen LogP contribution in [0.1, 0.15) is 23.2 Å². The molecule has 0 aliphatic carbocycles. The Morgan fingerprint density at radius 1 is 1.35 bits per heavy atom. The van der Waals surface area contributed by atoms with Crippen molar-refractivity contribution in [2.45, 2.75) is 20.4 Å². The van der Waals surface area contributed by atoms with Gasteiger partial charge in [-0.15, -0.1) is 0 Å². The molecule has 0 N–H and O–H groups in total. The van der Waals surface area contributed by atoms with Gasteiger partial charge in [0.15, 0.2) is 10.5 Å². The molecule has 1 aromatic carbocycles. The number of aromatic nitrogens is 2. The number of thiazole rings is 1. The molecule has 0 aliphatic rings. The molecule has 0 unspecified atom stereocenters. The normalized spacial score (nSPS) is 11.7. The van der Waals surface area contributed by atoms with E-state index in [1.54, 1.807) is 17.6 Å². The van der Waals surface area contributed by atoms with E-state index in [9.17, 15) is 9.59 Å². The Labute approximate surface area is 152 Å². The van der Waals surface area contributed by atoms with Crippen molar-refractivity contribution >= 4 is 33.4 Å². The molecule has 1 amide bonds. The zero-order valence-electron chi connectivity index (χ0n) is 14.5. The SMILES string of the molecule is CCOc1ccc2c(c1)sc(=NC(=O)c1cc(C)on1)n2CC(=O)OC. The summed E-state index contributed by atoms with van der Waals surface area (Å²) >= 11 is 1.28. The molecule has 0 aliphatic heterocycles. The Kier molecular flexibility index (Phi) is 5.17. The summed E-state index contributed by atoms with van der Waals surface area (Å²) in [4.78, 5) is 28.6. The molecule has 0 bridgehead atoms. The molecule has 8 nitrogen and oxygen atoms in total. The molecule has 3 aromatic rings. The lowest BCUT2D eigenvalue weighted by molar-refractivity contribution is -0.141. The van der Waals surface area contributed by atoms with E-state index in [-0.39, 0.29) is 12.2 Å². The summed E-state index contributed by atoms with van der Waals surface area (Å²) in [6.07, 6.45) is 0. The maximum Gasteiger partial charge on any atom is 0.325 e. The number of nitrogens with zero attached hydrogens (tertiary/aromatic N) is 3. The van der Waals surface area contributed by atoms with Crippen molar-refractivity contribution in [3.05, 3.63) is 40.5 Å². The second-order valence-electron chi connectivity index (χ2n) is 5.35. The number of benzene rings is 1. The van der Waals surface area contributed by atoms with Gasteiger partial charge in [-0.2, -0.15) is 4.99 Å². The van der Waals surface area contributed by atoms with E-state index in [0.29, 0.717) is 22.9 Å². The van der Waals surface area contributed by atoms with Gasteiger partial charge in [0.1, 0.15) is 18.1 Å². The first-order chi connectivity index (χ1) is 12.5. The molecule has 136 valence electrons. The number of fused-ring (bicyclic) bond motifs is 1. The topological polar surface area (TPSA) is 95.9 Å². The van der Waals surface area contributed by atoms with Gasteiger partial charge in [-0.25, -0.2) is 0 Å². The van der Waals surface area contributed by atoms with E-state index in [2.05, 4.69) is 10.1 Å². The summed E-state index contributed by atoms with van der Waals surface area (Å²) in [5.41, 5.74) is 0.867. The predicted molar refractivity (Wildman–Crippen MR) is 94.1 cm³/mol. The molecule has 3 rings (SSSR count). The van der Waals surface area contributed by atoms with Crippen molar-refractivity contribution in [1.29, 1.82) is 0 Å². The highest BCUT2D eigenvalue weighted by Crippen LogP contribution is 2.23. The van der Waals surface area contributed by atoms with Crippen LogP contribution in [-0.4, -0.2) is 35.3 Å². The van der Waals surface area contributed by atoms with Crippen LogP contribution in [0.25, 0.3) is 10.2 Å². The van der Waals surface area contributed by atoms with E-state index in [4.69, 9.17) is 14.0 Å². The Morgan fingerprint density at radius 2 is 2.15 bits per heavy atom. The third-order valence-corrected chi connectivity index (χ3v) is 4.57. The Bertz CT molecular complexity index is 1030. The zero-order chi connectivity index (χ0) is 18.7. The average molecular weight is 375 g/mol. The standard InChI is InChI=1S/C17H17N3O5S/c1-4-24-11-5-6-13-14(8-11)26-17(20(13)9-15(21)23-3)18-16(22)12-7-10(2)25-19-12/h5-8H,4,9H2,1-3H3. The fraction of sp³-hybridized carbons (Fsp3) is 0.294. The highest BCUT2D eigenvalue weighted by Gasteiger charge is 2.15. The largest absolute Gasteiger partial charge is 0.494 e. The summed E-state index contributed by atoms with van der Waals surface area (Å²) in [5, 5.41) is 3.68. The van der Waals surface area contributed by atoms with Crippen molar-refractivity contribution in [2.24, 2.45) is 4.99 Å². The first-order valence-electron chi connectivity index (χ1n) is 7.87. The van der Waals surface area contributed by atoms with E-state index >= 15 is 0 Å². The molecule has 0 saturated heterocycles. The molecule has 26 heavy (non-hydrogen) atoms. The quantitative estimate of drug-likeness (QED) is 0.635. The van der Waals surface area contributed by atoms with Crippen LogP contribution >= 0.6 is 11.3 Å². The Balaban J connectivity index is 2.12. The summed E-state index contributed by atoms with van der Waals surface area (Å²) in [7, 11) is 1.31. The molecule has 0 fully saturated rings. The Hall–Kier alpha value is -2.94. The number of amides is 1. The summed E-state index contributed by atoms with van der Waals surface area (Å²) < 4.78 is 17.6. The van der Waals surface area contributed by atoms with Crippen LogP contribution in [-0.2, 0) is 16.1 Å². The maximum absolute atomic E-state index is 12.3. The number of carbonyl (C=O) groups is 2.